The molecule has 1 aliphatic heterocycles. The number of hydrogen-bond donors (Lipinski definition) is 0. The molecule has 3 nitrogen and oxygen atoms in total. The highest BCUT2D eigenvalue weighted by Crippen LogP contribution is 2.37. The quantitative estimate of drug-likeness (QED) is 0.352. The highest BCUT2D eigenvalue weighted by atomic mass is 16.2. The predicted molar refractivity (Wildman–Crippen MR) is 125 cm³/mol. The van der Waals surface area contributed by atoms with E-state index in [1.165, 1.54) is 77.2 Å². The van der Waals surface area contributed by atoms with E-state index < -0.39 is 0 Å². The van der Waals surface area contributed by atoms with Crippen molar-refractivity contribution < 1.29 is 4.79 Å². The molecule has 3 heteroatoms. The zero-order chi connectivity index (χ0) is 21.1. The van der Waals surface area contributed by atoms with E-state index in [4.69, 9.17) is 0 Å². The number of rotatable bonds is 12. The molecular weight excluding hydrogens is 356 g/mol. The van der Waals surface area contributed by atoms with Crippen molar-refractivity contribution in [3.8, 4) is 0 Å². The Morgan fingerprint density at radius 1 is 0.862 bits per heavy atom. The molecule has 2 rings (SSSR count). The standard InChI is InChI=1S/C26H50N2O/c1-5-8-10-11-22(4)26(29)28-19-17-27(18-20-28)21-23-13-15-25(16-14-23)24(7-3)12-9-6-2/h22-25H,5-21H2,1-4H3. The highest BCUT2D eigenvalue weighted by molar-refractivity contribution is 5.78. The van der Waals surface area contributed by atoms with E-state index in [-0.39, 0.29) is 5.92 Å². The van der Waals surface area contributed by atoms with Gasteiger partial charge in [-0.1, -0.05) is 72.6 Å². The summed E-state index contributed by atoms with van der Waals surface area (Å²) in [4.78, 5) is 17.5. The molecule has 1 heterocycles. The van der Waals surface area contributed by atoms with E-state index in [0.29, 0.717) is 5.91 Å². The first-order valence-corrected chi connectivity index (χ1v) is 13.1. The normalized spacial score (nSPS) is 25.7. The fraction of sp³-hybridized carbons (Fsp3) is 0.962. The van der Waals surface area contributed by atoms with Gasteiger partial charge in [0.15, 0.2) is 0 Å². The van der Waals surface area contributed by atoms with E-state index >= 15 is 0 Å². The van der Waals surface area contributed by atoms with Gasteiger partial charge in [-0.15, -0.1) is 0 Å². The average molecular weight is 407 g/mol. The number of carbonyl (C=O) groups excluding carboxylic acids is 1. The summed E-state index contributed by atoms with van der Waals surface area (Å²) < 4.78 is 0. The van der Waals surface area contributed by atoms with Gasteiger partial charge < -0.3 is 4.90 Å². The van der Waals surface area contributed by atoms with Gasteiger partial charge in [-0.3, -0.25) is 9.69 Å². The Hall–Kier alpha value is -0.570. The molecule has 0 aromatic rings. The van der Waals surface area contributed by atoms with Crippen LogP contribution in [0.2, 0.25) is 0 Å². The topological polar surface area (TPSA) is 23.6 Å². The molecule has 2 aliphatic rings. The maximum atomic E-state index is 12.7. The summed E-state index contributed by atoms with van der Waals surface area (Å²) in [6, 6.07) is 0. The Labute approximate surface area is 182 Å². The monoisotopic (exact) mass is 406 g/mol. The molecule has 0 N–H and O–H groups in total. The SMILES string of the molecule is CCCCCC(C)C(=O)N1CCN(CC2CCC(C(CC)CCCC)CC2)CC1. The molecular formula is C26H50N2O. The van der Waals surface area contributed by atoms with Crippen LogP contribution in [0.4, 0.5) is 0 Å². The van der Waals surface area contributed by atoms with Crippen molar-refractivity contribution in [3.05, 3.63) is 0 Å². The van der Waals surface area contributed by atoms with Crippen molar-refractivity contribution in [1.82, 2.24) is 9.80 Å². The van der Waals surface area contributed by atoms with E-state index in [9.17, 15) is 4.79 Å². The van der Waals surface area contributed by atoms with Crippen LogP contribution in [0.5, 0.6) is 0 Å². The first-order chi connectivity index (χ1) is 14.1. The minimum Gasteiger partial charge on any atom is -0.340 e. The summed E-state index contributed by atoms with van der Waals surface area (Å²) in [5.74, 6) is 3.47. The van der Waals surface area contributed by atoms with Crippen molar-refractivity contribution in [2.75, 3.05) is 32.7 Å². The molecule has 29 heavy (non-hydrogen) atoms. The molecule has 1 saturated carbocycles. The third kappa shape index (κ3) is 8.23. The van der Waals surface area contributed by atoms with Gasteiger partial charge in [-0.05, 0) is 49.9 Å². The molecule has 1 saturated heterocycles. The van der Waals surface area contributed by atoms with E-state index in [0.717, 1.165) is 50.4 Å². The fourth-order valence-corrected chi connectivity index (χ4v) is 5.73. The van der Waals surface area contributed by atoms with Crippen LogP contribution in [0.1, 0.15) is 105 Å². The summed E-state index contributed by atoms with van der Waals surface area (Å²) in [6.07, 6.45) is 16.1. The van der Waals surface area contributed by atoms with E-state index in [2.05, 4.69) is 37.5 Å². The summed E-state index contributed by atoms with van der Waals surface area (Å²) in [5, 5.41) is 0. The molecule has 2 fully saturated rings. The smallest absolute Gasteiger partial charge is 0.225 e. The van der Waals surface area contributed by atoms with Gasteiger partial charge in [-0.25, -0.2) is 0 Å². The summed E-state index contributed by atoms with van der Waals surface area (Å²) in [7, 11) is 0. The molecule has 0 bridgehead atoms. The molecule has 2 atom stereocenters. The first-order valence-electron chi connectivity index (χ1n) is 13.1. The minimum absolute atomic E-state index is 0.211. The van der Waals surface area contributed by atoms with Crippen molar-refractivity contribution in [3.63, 3.8) is 0 Å². The van der Waals surface area contributed by atoms with Gasteiger partial charge in [-0.2, -0.15) is 0 Å². The molecule has 170 valence electrons. The Bertz CT molecular complexity index is 436. The lowest BCUT2D eigenvalue weighted by Crippen LogP contribution is -2.51. The molecule has 0 radical (unpaired) electrons. The third-order valence-corrected chi connectivity index (χ3v) is 7.87. The second-order valence-corrected chi connectivity index (χ2v) is 10.1. The number of carbonyl (C=O) groups is 1. The zero-order valence-electron chi connectivity index (χ0n) is 20.1. The number of amides is 1. The van der Waals surface area contributed by atoms with Gasteiger partial charge in [0, 0.05) is 38.6 Å². The van der Waals surface area contributed by atoms with Crippen LogP contribution in [0.3, 0.4) is 0 Å². The molecule has 2 unspecified atom stereocenters. The van der Waals surface area contributed by atoms with Gasteiger partial charge in [0.1, 0.15) is 0 Å². The summed E-state index contributed by atoms with van der Waals surface area (Å²) >= 11 is 0. The van der Waals surface area contributed by atoms with Crippen molar-refractivity contribution >= 4 is 5.91 Å². The van der Waals surface area contributed by atoms with Crippen LogP contribution in [-0.4, -0.2) is 48.4 Å². The molecule has 1 amide bonds. The Kier molecular flexibility index (Phi) is 11.6. The third-order valence-electron chi connectivity index (χ3n) is 7.87. The van der Waals surface area contributed by atoms with Crippen LogP contribution < -0.4 is 0 Å². The minimum atomic E-state index is 0.211. The van der Waals surface area contributed by atoms with Crippen LogP contribution >= 0.6 is 0 Å². The Morgan fingerprint density at radius 2 is 1.52 bits per heavy atom. The maximum absolute atomic E-state index is 12.7. The molecule has 0 spiro atoms. The van der Waals surface area contributed by atoms with E-state index in [1.807, 2.05) is 0 Å². The summed E-state index contributed by atoms with van der Waals surface area (Å²) in [6.45, 7) is 14.4. The zero-order valence-corrected chi connectivity index (χ0v) is 20.1. The summed E-state index contributed by atoms with van der Waals surface area (Å²) in [5.41, 5.74) is 0. The number of piperazine rings is 1. The molecule has 0 aromatic heterocycles. The average Bonchev–Trinajstić information content (AvgIpc) is 2.75. The maximum Gasteiger partial charge on any atom is 0.225 e. The van der Waals surface area contributed by atoms with Crippen LogP contribution in [0, 0.1) is 23.7 Å². The fourth-order valence-electron chi connectivity index (χ4n) is 5.73. The lowest BCUT2D eigenvalue weighted by Gasteiger charge is -2.39. The van der Waals surface area contributed by atoms with Crippen molar-refractivity contribution in [2.45, 2.75) is 105 Å². The molecule has 1 aliphatic carbocycles. The Morgan fingerprint density at radius 3 is 2.10 bits per heavy atom. The highest BCUT2D eigenvalue weighted by Gasteiger charge is 2.29. The van der Waals surface area contributed by atoms with Crippen LogP contribution in [-0.2, 0) is 4.79 Å². The van der Waals surface area contributed by atoms with Crippen molar-refractivity contribution in [2.24, 2.45) is 23.7 Å². The second kappa shape index (κ2) is 13.7. The predicted octanol–water partition coefficient (Wildman–Crippen LogP) is 6.37. The number of nitrogens with zero attached hydrogens (tertiary/aromatic N) is 2. The van der Waals surface area contributed by atoms with Crippen molar-refractivity contribution in [1.29, 1.82) is 0 Å². The molecule has 0 aromatic carbocycles. The van der Waals surface area contributed by atoms with Gasteiger partial charge in [0.05, 0.1) is 0 Å². The largest absolute Gasteiger partial charge is 0.340 e. The van der Waals surface area contributed by atoms with E-state index in [1.54, 1.807) is 0 Å². The van der Waals surface area contributed by atoms with Gasteiger partial charge in [0.2, 0.25) is 5.91 Å². The van der Waals surface area contributed by atoms with Gasteiger partial charge >= 0.3 is 0 Å². The van der Waals surface area contributed by atoms with Gasteiger partial charge in [0.25, 0.3) is 0 Å². The lowest BCUT2D eigenvalue weighted by atomic mass is 9.73. The van der Waals surface area contributed by atoms with Crippen LogP contribution in [0.25, 0.3) is 0 Å². The Balaban J connectivity index is 1.65. The first kappa shape index (κ1) is 24.7. The lowest BCUT2D eigenvalue weighted by molar-refractivity contribution is -0.137. The van der Waals surface area contributed by atoms with Crippen LogP contribution in [0.15, 0.2) is 0 Å². The number of unbranched alkanes of at least 4 members (excludes halogenated alkanes) is 3. The second-order valence-electron chi connectivity index (χ2n) is 10.1. The number of hydrogen-bond acceptors (Lipinski definition) is 2.